The van der Waals surface area contributed by atoms with Crippen molar-refractivity contribution in [3.63, 3.8) is 0 Å². The first-order valence-electron chi connectivity index (χ1n) is 7.91. The topological polar surface area (TPSA) is 53.6 Å². The van der Waals surface area contributed by atoms with Gasteiger partial charge in [-0.25, -0.2) is 4.79 Å². The van der Waals surface area contributed by atoms with E-state index in [-0.39, 0.29) is 6.09 Å². The van der Waals surface area contributed by atoms with Crippen molar-refractivity contribution >= 4 is 11.8 Å². The number of hydrogen-bond acceptors (Lipinski definition) is 4. The Balaban J connectivity index is 1.97. The molecule has 0 saturated carbocycles. The lowest BCUT2D eigenvalue weighted by Gasteiger charge is -2.29. The summed E-state index contributed by atoms with van der Waals surface area (Å²) >= 11 is 0. The van der Waals surface area contributed by atoms with Crippen molar-refractivity contribution in [3.8, 4) is 0 Å². The van der Waals surface area contributed by atoms with Crippen molar-refractivity contribution in [1.29, 1.82) is 0 Å². The quantitative estimate of drug-likeness (QED) is 0.878. The Bertz CT molecular complexity index is 507. The molecule has 0 spiro atoms. The Morgan fingerprint density at radius 2 is 2.14 bits per heavy atom. The second kappa shape index (κ2) is 7.01. The Kier molecular flexibility index (Phi) is 5.29. The van der Waals surface area contributed by atoms with Crippen LogP contribution in [0.4, 0.5) is 10.5 Å². The van der Waals surface area contributed by atoms with E-state index in [4.69, 9.17) is 4.74 Å². The maximum absolute atomic E-state index is 12.2. The highest BCUT2D eigenvalue weighted by molar-refractivity contribution is 5.68. The highest BCUT2D eigenvalue weighted by Crippen LogP contribution is 2.16. The summed E-state index contributed by atoms with van der Waals surface area (Å²) < 4.78 is 5.45. The Morgan fingerprint density at radius 3 is 2.68 bits per heavy atom. The van der Waals surface area contributed by atoms with Crippen molar-refractivity contribution < 1.29 is 9.53 Å². The van der Waals surface area contributed by atoms with Gasteiger partial charge in [-0.1, -0.05) is 12.1 Å². The van der Waals surface area contributed by atoms with Crippen molar-refractivity contribution in [2.24, 2.45) is 0 Å². The minimum absolute atomic E-state index is 0.267. The third-order valence-corrected chi connectivity index (χ3v) is 3.49. The summed E-state index contributed by atoms with van der Waals surface area (Å²) in [4.78, 5) is 13.9. The number of nitrogens with one attached hydrogen (secondary N) is 2. The Hall–Kier alpha value is -1.75. The molecule has 0 atom stereocenters. The zero-order valence-corrected chi connectivity index (χ0v) is 14.0. The lowest BCUT2D eigenvalue weighted by Crippen LogP contribution is -2.51. The van der Waals surface area contributed by atoms with Gasteiger partial charge in [-0.05, 0) is 45.4 Å². The van der Waals surface area contributed by atoms with Crippen LogP contribution in [0.25, 0.3) is 0 Å². The van der Waals surface area contributed by atoms with Gasteiger partial charge in [0.1, 0.15) is 5.60 Å². The summed E-state index contributed by atoms with van der Waals surface area (Å²) in [5.41, 5.74) is 1.74. The van der Waals surface area contributed by atoms with Crippen LogP contribution >= 0.6 is 0 Å². The van der Waals surface area contributed by atoms with Crippen LogP contribution in [-0.4, -0.2) is 42.3 Å². The van der Waals surface area contributed by atoms with Gasteiger partial charge in [-0.2, -0.15) is 0 Å². The number of rotatable bonds is 5. The Morgan fingerprint density at radius 1 is 1.41 bits per heavy atom. The van der Waals surface area contributed by atoms with E-state index >= 15 is 0 Å². The molecule has 1 aromatic rings. The number of anilines is 1. The molecule has 122 valence electrons. The fourth-order valence-corrected chi connectivity index (χ4v) is 2.24. The van der Waals surface area contributed by atoms with E-state index in [1.807, 2.05) is 39.8 Å². The summed E-state index contributed by atoms with van der Waals surface area (Å²) in [7, 11) is 0. The maximum atomic E-state index is 12.2. The first-order valence-corrected chi connectivity index (χ1v) is 7.91. The standard InChI is InChI=1S/C17H27N3O2/c1-5-20(16(21)22-17(2,3)4)12-13-7-6-8-14(9-13)19-15-10-18-11-15/h6-9,15,18-19H,5,10-12H2,1-4H3. The van der Waals surface area contributed by atoms with E-state index in [1.165, 1.54) is 0 Å². The van der Waals surface area contributed by atoms with E-state index in [0.29, 0.717) is 19.1 Å². The SMILES string of the molecule is CCN(Cc1cccc(NC2CNC2)c1)C(=O)OC(C)(C)C. The number of carbonyl (C=O) groups is 1. The third-order valence-electron chi connectivity index (χ3n) is 3.49. The summed E-state index contributed by atoms with van der Waals surface area (Å²) in [6.45, 7) is 10.8. The normalized spacial score (nSPS) is 15.1. The smallest absolute Gasteiger partial charge is 0.410 e. The fourth-order valence-electron chi connectivity index (χ4n) is 2.24. The molecule has 0 aliphatic carbocycles. The minimum atomic E-state index is -0.467. The van der Waals surface area contributed by atoms with Gasteiger partial charge in [0.25, 0.3) is 0 Å². The van der Waals surface area contributed by atoms with Crippen LogP contribution in [-0.2, 0) is 11.3 Å². The molecule has 0 bridgehead atoms. The molecular weight excluding hydrogens is 278 g/mol. The largest absolute Gasteiger partial charge is 0.444 e. The molecule has 0 unspecified atom stereocenters. The van der Waals surface area contributed by atoms with Gasteiger partial charge in [-0.3, -0.25) is 0 Å². The fraction of sp³-hybridized carbons (Fsp3) is 0.588. The predicted octanol–water partition coefficient (Wildman–Crippen LogP) is 2.83. The molecule has 1 fully saturated rings. The number of hydrogen-bond donors (Lipinski definition) is 2. The molecule has 1 aliphatic heterocycles. The van der Waals surface area contributed by atoms with Crippen LogP contribution in [0.1, 0.15) is 33.3 Å². The van der Waals surface area contributed by atoms with Gasteiger partial charge in [0.2, 0.25) is 0 Å². The van der Waals surface area contributed by atoms with E-state index in [1.54, 1.807) is 4.90 Å². The molecule has 1 aliphatic rings. The molecule has 2 rings (SSSR count). The van der Waals surface area contributed by atoms with Crippen LogP contribution in [0.3, 0.4) is 0 Å². The summed E-state index contributed by atoms with van der Waals surface area (Å²) in [6, 6.07) is 8.73. The van der Waals surface area contributed by atoms with Gasteiger partial charge >= 0.3 is 6.09 Å². The number of ether oxygens (including phenoxy) is 1. The molecule has 5 heteroatoms. The van der Waals surface area contributed by atoms with Crippen molar-refractivity contribution in [1.82, 2.24) is 10.2 Å². The lowest BCUT2D eigenvalue weighted by molar-refractivity contribution is 0.0244. The average molecular weight is 305 g/mol. The molecule has 0 aromatic heterocycles. The molecule has 1 aromatic carbocycles. The monoisotopic (exact) mass is 305 g/mol. The molecular formula is C17H27N3O2. The summed E-state index contributed by atoms with van der Waals surface area (Å²) in [5.74, 6) is 0. The van der Waals surface area contributed by atoms with Crippen LogP contribution in [0.15, 0.2) is 24.3 Å². The van der Waals surface area contributed by atoms with Crippen LogP contribution in [0, 0.1) is 0 Å². The first kappa shape index (κ1) is 16.6. The highest BCUT2D eigenvalue weighted by Gasteiger charge is 2.21. The van der Waals surface area contributed by atoms with Crippen LogP contribution in [0.5, 0.6) is 0 Å². The van der Waals surface area contributed by atoms with Gasteiger partial charge in [0.05, 0.1) is 6.04 Å². The predicted molar refractivity (Wildman–Crippen MR) is 89.0 cm³/mol. The zero-order valence-electron chi connectivity index (χ0n) is 14.0. The zero-order chi connectivity index (χ0) is 16.2. The second-order valence-electron chi connectivity index (χ2n) is 6.69. The second-order valence-corrected chi connectivity index (χ2v) is 6.69. The molecule has 1 heterocycles. The molecule has 1 amide bonds. The summed E-state index contributed by atoms with van der Waals surface area (Å²) in [6.07, 6.45) is -0.267. The molecule has 1 saturated heterocycles. The molecule has 5 nitrogen and oxygen atoms in total. The number of nitrogens with zero attached hydrogens (tertiary/aromatic N) is 1. The van der Waals surface area contributed by atoms with E-state index in [0.717, 1.165) is 24.3 Å². The number of carbonyl (C=O) groups excluding carboxylic acids is 1. The van der Waals surface area contributed by atoms with Crippen molar-refractivity contribution in [2.45, 2.75) is 45.9 Å². The lowest BCUT2D eigenvalue weighted by atomic mass is 10.1. The van der Waals surface area contributed by atoms with Gasteiger partial charge < -0.3 is 20.3 Å². The van der Waals surface area contributed by atoms with Gasteiger partial charge in [0.15, 0.2) is 0 Å². The van der Waals surface area contributed by atoms with Gasteiger partial charge in [0, 0.05) is 31.9 Å². The minimum Gasteiger partial charge on any atom is -0.444 e. The number of benzene rings is 1. The third kappa shape index (κ3) is 4.91. The summed E-state index contributed by atoms with van der Waals surface area (Å²) in [5, 5.41) is 6.72. The maximum Gasteiger partial charge on any atom is 0.410 e. The van der Waals surface area contributed by atoms with E-state index < -0.39 is 5.60 Å². The average Bonchev–Trinajstić information content (AvgIpc) is 2.39. The van der Waals surface area contributed by atoms with E-state index in [2.05, 4.69) is 22.8 Å². The Labute approximate surface area is 133 Å². The van der Waals surface area contributed by atoms with Gasteiger partial charge in [-0.15, -0.1) is 0 Å². The van der Waals surface area contributed by atoms with Crippen molar-refractivity contribution in [3.05, 3.63) is 29.8 Å². The van der Waals surface area contributed by atoms with Crippen molar-refractivity contribution in [2.75, 3.05) is 25.0 Å². The first-order chi connectivity index (χ1) is 10.4. The highest BCUT2D eigenvalue weighted by atomic mass is 16.6. The molecule has 0 radical (unpaired) electrons. The molecule has 22 heavy (non-hydrogen) atoms. The van der Waals surface area contributed by atoms with E-state index in [9.17, 15) is 4.79 Å². The van der Waals surface area contributed by atoms with Crippen LogP contribution < -0.4 is 10.6 Å². The van der Waals surface area contributed by atoms with Crippen LogP contribution in [0.2, 0.25) is 0 Å². The number of amides is 1. The molecule has 2 N–H and O–H groups in total.